The molecule has 2 nitrogen and oxygen atoms in total. The van der Waals surface area contributed by atoms with Gasteiger partial charge in [0.15, 0.2) is 0 Å². The number of hydrogen-bond acceptors (Lipinski definition) is 2. The van der Waals surface area contributed by atoms with Gasteiger partial charge in [-0.25, -0.2) is 0 Å². The summed E-state index contributed by atoms with van der Waals surface area (Å²) < 4.78 is 0. The molecule has 2 N–H and O–H groups in total. The van der Waals surface area contributed by atoms with E-state index in [-0.39, 0.29) is 0 Å². The fraction of sp³-hybridized carbons (Fsp3) is 1.00. The number of nitrogens with zero attached hydrogens (tertiary/aromatic N) is 1. The first-order valence-corrected chi connectivity index (χ1v) is 6.20. The number of hydrogen-bond donors (Lipinski definition) is 1. The normalized spacial score (nSPS) is 27.2. The largest absolute Gasteiger partial charge is 0.328 e. The Morgan fingerprint density at radius 3 is 2.86 bits per heavy atom. The molecule has 2 unspecified atom stereocenters. The first-order valence-electron chi connectivity index (χ1n) is 6.20. The molecule has 1 fully saturated rings. The number of nitrogens with two attached hydrogens (primary N) is 1. The van der Waals surface area contributed by atoms with Gasteiger partial charge in [0.2, 0.25) is 0 Å². The van der Waals surface area contributed by atoms with Crippen molar-refractivity contribution in [3.05, 3.63) is 0 Å². The van der Waals surface area contributed by atoms with E-state index in [1.54, 1.807) is 0 Å². The molecule has 0 aromatic heterocycles. The SMILES string of the molecule is CCC(N)CCN1CCCC(C)CC1. The first kappa shape index (κ1) is 12.0. The van der Waals surface area contributed by atoms with Gasteiger partial charge in [0.05, 0.1) is 0 Å². The second kappa shape index (κ2) is 6.41. The Bertz CT molecular complexity index is 147. The molecule has 1 saturated heterocycles. The summed E-state index contributed by atoms with van der Waals surface area (Å²) >= 11 is 0. The Morgan fingerprint density at radius 2 is 2.14 bits per heavy atom. The van der Waals surface area contributed by atoms with Crippen LogP contribution in [0.2, 0.25) is 0 Å². The van der Waals surface area contributed by atoms with Crippen molar-refractivity contribution in [2.45, 2.75) is 52.0 Å². The molecule has 0 aromatic rings. The van der Waals surface area contributed by atoms with Gasteiger partial charge in [-0.1, -0.05) is 13.8 Å². The molecule has 0 saturated carbocycles. The van der Waals surface area contributed by atoms with E-state index in [1.165, 1.54) is 45.3 Å². The smallest absolute Gasteiger partial charge is 0.00483 e. The van der Waals surface area contributed by atoms with E-state index in [4.69, 9.17) is 5.73 Å². The van der Waals surface area contributed by atoms with Gasteiger partial charge in [0.1, 0.15) is 0 Å². The molecule has 1 aliphatic heterocycles. The topological polar surface area (TPSA) is 29.3 Å². The van der Waals surface area contributed by atoms with E-state index in [0.717, 1.165) is 12.3 Å². The van der Waals surface area contributed by atoms with Crippen LogP contribution < -0.4 is 5.73 Å². The highest BCUT2D eigenvalue weighted by Gasteiger charge is 2.13. The third-order valence-corrected chi connectivity index (χ3v) is 3.45. The summed E-state index contributed by atoms with van der Waals surface area (Å²) in [6.45, 7) is 8.34. The zero-order valence-corrected chi connectivity index (χ0v) is 9.84. The lowest BCUT2D eigenvalue weighted by molar-refractivity contribution is 0.269. The van der Waals surface area contributed by atoms with E-state index in [2.05, 4.69) is 18.7 Å². The highest BCUT2D eigenvalue weighted by Crippen LogP contribution is 2.16. The van der Waals surface area contributed by atoms with Crippen molar-refractivity contribution in [1.82, 2.24) is 4.90 Å². The van der Waals surface area contributed by atoms with Crippen LogP contribution in [0.15, 0.2) is 0 Å². The highest BCUT2D eigenvalue weighted by molar-refractivity contribution is 4.69. The molecule has 1 heterocycles. The molecule has 1 rings (SSSR count). The van der Waals surface area contributed by atoms with E-state index >= 15 is 0 Å². The van der Waals surface area contributed by atoms with Crippen molar-refractivity contribution in [2.75, 3.05) is 19.6 Å². The standard InChI is InChI=1S/C12H26N2/c1-3-12(13)7-10-14-8-4-5-11(2)6-9-14/h11-12H,3-10,13H2,1-2H3. The summed E-state index contributed by atoms with van der Waals surface area (Å²) in [7, 11) is 0. The van der Waals surface area contributed by atoms with Gasteiger partial charge in [-0.3, -0.25) is 0 Å². The summed E-state index contributed by atoms with van der Waals surface area (Å²) in [6, 6.07) is 0.413. The molecule has 2 heteroatoms. The summed E-state index contributed by atoms with van der Waals surface area (Å²) in [5.74, 6) is 0.930. The maximum Gasteiger partial charge on any atom is 0.00483 e. The van der Waals surface area contributed by atoms with Crippen LogP contribution >= 0.6 is 0 Å². The second-order valence-electron chi connectivity index (χ2n) is 4.83. The van der Waals surface area contributed by atoms with Crippen LogP contribution in [0.25, 0.3) is 0 Å². The summed E-state index contributed by atoms with van der Waals surface area (Å²) in [5, 5.41) is 0. The molecule has 84 valence electrons. The Morgan fingerprint density at radius 1 is 1.36 bits per heavy atom. The minimum absolute atomic E-state index is 0.413. The third-order valence-electron chi connectivity index (χ3n) is 3.45. The molecule has 0 spiro atoms. The maximum atomic E-state index is 5.93. The summed E-state index contributed by atoms with van der Waals surface area (Å²) in [6.07, 6.45) is 6.45. The predicted molar refractivity (Wildman–Crippen MR) is 62.3 cm³/mol. The van der Waals surface area contributed by atoms with Crippen LogP contribution in [0, 0.1) is 5.92 Å². The lowest BCUT2D eigenvalue weighted by atomic mass is 10.0. The minimum Gasteiger partial charge on any atom is -0.328 e. The lowest BCUT2D eigenvalue weighted by Crippen LogP contribution is -2.31. The molecule has 1 aliphatic rings. The van der Waals surface area contributed by atoms with Crippen LogP contribution in [0.3, 0.4) is 0 Å². The van der Waals surface area contributed by atoms with Gasteiger partial charge >= 0.3 is 0 Å². The van der Waals surface area contributed by atoms with Crippen LogP contribution in [0.1, 0.15) is 46.0 Å². The van der Waals surface area contributed by atoms with E-state index < -0.39 is 0 Å². The lowest BCUT2D eigenvalue weighted by Gasteiger charge is -2.21. The fourth-order valence-electron chi connectivity index (χ4n) is 2.10. The maximum absolute atomic E-state index is 5.93. The Hall–Kier alpha value is -0.0800. The van der Waals surface area contributed by atoms with Gasteiger partial charge < -0.3 is 10.6 Å². The molecule has 2 atom stereocenters. The van der Waals surface area contributed by atoms with Crippen molar-refractivity contribution in [2.24, 2.45) is 11.7 Å². The van der Waals surface area contributed by atoms with Crippen LogP contribution in [-0.2, 0) is 0 Å². The zero-order valence-electron chi connectivity index (χ0n) is 9.84. The zero-order chi connectivity index (χ0) is 10.4. The monoisotopic (exact) mass is 198 g/mol. The Kier molecular flexibility index (Phi) is 5.49. The molecule has 0 radical (unpaired) electrons. The Labute approximate surface area is 88.8 Å². The van der Waals surface area contributed by atoms with Crippen LogP contribution in [-0.4, -0.2) is 30.6 Å². The van der Waals surface area contributed by atoms with Crippen molar-refractivity contribution in [3.8, 4) is 0 Å². The van der Waals surface area contributed by atoms with Crippen molar-refractivity contribution in [3.63, 3.8) is 0 Å². The van der Waals surface area contributed by atoms with Gasteiger partial charge in [-0.15, -0.1) is 0 Å². The average molecular weight is 198 g/mol. The van der Waals surface area contributed by atoms with E-state index in [9.17, 15) is 0 Å². The summed E-state index contributed by atoms with van der Waals surface area (Å²) in [5.41, 5.74) is 5.93. The van der Waals surface area contributed by atoms with Gasteiger partial charge in [0.25, 0.3) is 0 Å². The van der Waals surface area contributed by atoms with Crippen molar-refractivity contribution in [1.29, 1.82) is 0 Å². The molecule has 0 aliphatic carbocycles. The van der Waals surface area contributed by atoms with Gasteiger partial charge in [-0.05, 0) is 57.7 Å². The Balaban J connectivity index is 2.17. The quantitative estimate of drug-likeness (QED) is 0.750. The molecule has 0 amide bonds. The average Bonchev–Trinajstić information content (AvgIpc) is 2.39. The second-order valence-corrected chi connectivity index (χ2v) is 4.83. The molecular formula is C12H26N2. The van der Waals surface area contributed by atoms with E-state index in [0.29, 0.717) is 6.04 Å². The molecular weight excluding hydrogens is 172 g/mol. The minimum atomic E-state index is 0.413. The molecule has 14 heavy (non-hydrogen) atoms. The highest BCUT2D eigenvalue weighted by atomic mass is 15.1. The van der Waals surface area contributed by atoms with Crippen molar-refractivity contribution < 1.29 is 0 Å². The molecule has 0 aromatic carbocycles. The first-order chi connectivity index (χ1) is 6.72. The van der Waals surface area contributed by atoms with Crippen molar-refractivity contribution >= 4 is 0 Å². The van der Waals surface area contributed by atoms with Crippen LogP contribution in [0.4, 0.5) is 0 Å². The third kappa shape index (κ3) is 4.43. The van der Waals surface area contributed by atoms with Gasteiger partial charge in [0, 0.05) is 6.04 Å². The fourth-order valence-corrected chi connectivity index (χ4v) is 2.10. The predicted octanol–water partition coefficient (Wildman–Crippen LogP) is 2.24. The van der Waals surface area contributed by atoms with Crippen LogP contribution in [0.5, 0.6) is 0 Å². The van der Waals surface area contributed by atoms with Gasteiger partial charge in [-0.2, -0.15) is 0 Å². The van der Waals surface area contributed by atoms with E-state index in [1.807, 2.05) is 0 Å². The molecule has 0 bridgehead atoms. The number of likely N-dealkylation sites (tertiary alicyclic amines) is 1. The summed E-state index contributed by atoms with van der Waals surface area (Å²) in [4.78, 5) is 2.60. The number of rotatable bonds is 4.